The maximum absolute atomic E-state index is 12.8. The predicted octanol–water partition coefficient (Wildman–Crippen LogP) is 4.87. The van der Waals surface area contributed by atoms with Gasteiger partial charge in [0.2, 0.25) is 0 Å². The molecule has 0 saturated carbocycles. The molecule has 0 aromatic heterocycles. The van der Waals surface area contributed by atoms with Gasteiger partial charge >= 0.3 is 12.1 Å². The maximum Gasteiger partial charge on any atom is 0.410 e. The second-order valence-corrected chi connectivity index (χ2v) is 9.92. The number of nitrogens with zero attached hydrogens (tertiary/aromatic N) is 2. The lowest BCUT2D eigenvalue weighted by Gasteiger charge is -2.42. The number of hydrogen-bond donors (Lipinski definition) is 1. The topological polar surface area (TPSA) is 70.1 Å². The number of hydrogen-bond acceptors (Lipinski definition) is 4. The van der Waals surface area contributed by atoms with E-state index >= 15 is 0 Å². The van der Waals surface area contributed by atoms with Gasteiger partial charge in [0.1, 0.15) is 5.60 Å². The first-order valence-corrected chi connectivity index (χ1v) is 11.3. The van der Waals surface area contributed by atoms with Crippen molar-refractivity contribution < 1.29 is 19.4 Å². The van der Waals surface area contributed by atoms with Gasteiger partial charge in [-0.1, -0.05) is 30.3 Å². The molecule has 2 saturated heterocycles. The summed E-state index contributed by atoms with van der Waals surface area (Å²) in [6.07, 6.45) is 2.32. The van der Waals surface area contributed by atoms with Crippen LogP contribution in [-0.4, -0.2) is 52.8 Å². The summed E-state index contributed by atoms with van der Waals surface area (Å²) in [4.78, 5) is 28.9. The van der Waals surface area contributed by atoms with Crippen molar-refractivity contribution >= 4 is 17.7 Å². The Morgan fingerprint density at radius 1 is 1.06 bits per heavy atom. The highest BCUT2D eigenvalue weighted by atomic mass is 16.6. The van der Waals surface area contributed by atoms with Crippen LogP contribution in [-0.2, 0) is 11.2 Å². The van der Waals surface area contributed by atoms with E-state index in [1.54, 1.807) is 6.07 Å². The van der Waals surface area contributed by atoms with E-state index in [2.05, 4.69) is 23.1 Å². The first kappa shape index (κ1) is 22.2. The van der Waals surface area contributed by atoms with Gasteiger partial charge in [-0.3, -0.25) is 4.90 Å². The Morgan fingerprint density at radius 3 is 2.25 bits per heavy atom. The van der Waals surface area contributed by atoms with Gasteiger partial charge in [0, 0.05) is 18.8 Å². The van der Waals surface area contributed by atoms with Crippen molar-refractivity contribution in [1.82, 2.24) is 4.90 Å². The van der Waals surface area contributed by atoms with Gasteiger partial charge < -0.3 is 14.7 Å². The van der Waals surface area contributed by atoms with Crippen molar-refractivity contribution in [2.45, 2.75) is 64.6 Å². The second-order valence-electron chi connectivity index (χ2n) is 9.92. The van der Waals surface area contributed by atoms with E-state index in [0.29, 0.717) is 25.1 Å². The highest BCUT2D eigenvalue weighted by Crippen LogP contribution is 2.35. The minimum Gasteiger partial charge on any atom is -0.478 e. The van der Waals surface area contributed by atoms with Crippen molar-refractivity contribution in [1.29, 1.82) is 0 Å². The molecule has 1 N–H and O–H groups in total. The summed E-state index contributed by atoms with van der Waals surface area (Å²) in [5.41, 5.74) is 3.72. The van der Waals surface area contributed by atoms with E-state index in [9.17, 15) is 14.7 Å². The molecule has 2 atom stereocenters. The molecule has 6 nitrogen and oxygen atoms in total. The molecule has 2 aliphatic rings. The Kier molecular flexibility index (Phi) is 5.89. The molecule has 0 aliphatic carbocycles. The quantitative estimate of drug-likeness (QED) is 0.740. The third-order valence-electron chi connectivity index (χ3n) is 6.42. The number of amides is 1. The van der Waals surface area contributed by atoms with Crippen LogP contribution in [0.2, 0.25) is 0 Å². The zero-order chi connectivity index (χ0) is 23.0. The number of carboxylic acids is 1. The summed E-state index contributed by atoms with van der Waals surface area (Å²) in [7, 11) is 0. The van der Waals surface area contributed by atoms with Crippen LogP contribution < -0.4 is 4.90 Å². The predicted molar refractivity (Wildman–Crippen MR) is 124 cm³/mol. The highest BCUT2D eigenvalue weighted by molar-refractivity contribution is 5.91. The summed E-state index contributed by atoms with van der Waals surface area (Å²) >= 11 is 0. The number of carbonyl (C=O) groups excluding carboxylic acids is 1. The second kappa shape index (κ2) is 8.49. The Labute approximate surface area is 189 Å². The van der Waals surface area contributed by atoms with E-state index in [4.69, 9.17) is 4.74 Å². The fraction of sp³-hybridized carbons (Fsp3) is 0.462. The van der Waals surface area contributed by atoms with Crippen LogP contribution in [0.4, 0.5) is 10.5 Å². The minimum absolute atomic E-state index is 0.0794. The van der Waals surface area contributed by atoms with Crippen molar-refractivity contribution in [3.8, 4) is 0 Å². The summed E-state index contributed by atoms with van der Waals surface area (Å²) in [5, 5.41) is 9.83. The fourth-order valence-electron chi connectivity index (χ4n) is 4.89. The number of piperazine rings is 1. The fourth-order valence-corrected chi connectivity index (χ4v) is 4.89. The third kappa shape index (κ3) is 4.59. The summed E-state index contributed by atoms with van der Waals surface area (Å²) in [6, 6.07) is 14.2. The zero-order valence-electron chi connectivity index (χ0n) is 19.3. The zero-order valence-corrected chi connectivity index (χ0v) is 19.3. The number of carboxylic acid groups (broad SMARTS) is 1. The van der Waals surface area contributed by atoms with Gasteiger partial charge in [-0.25, -0.2) is 9.59 Å². The summed E-state index contributed by atoms with van der Waals surface area (Å²) in [6.45, 7) is 8.91. The molecule has 2 bridgehead atoms. The molecular weight excluding hydrogens is 404 g/mol. The molecule has 2 aliphatic heterocycles. The standard InChI is InChI=1S/C26H32N2O4/c1-17-19(12-18-8-6-5-7-9-18)13-22(14-23(17)24(29)30)27-15-20-10-11-21(16-27)28(20)25(31)32-26(2,3)4/h5-9,13-14,20-21H,10-12,15-16H2,1-4H3,(H,29,30)/t20-,21+. The molecule has 4 rings (SSSR count). The number of carbonyl (C=O) groups is 2. The van der Waals surface area contributed by atoms with Crippen molar-refractivity contribution in [2.75, 3.05) is 18.0 Å². The highest BCUT2D eigenvalue weighted by Gasteiger charge is 2.44. The van der Waals surface area contributed by atoms with Crippen LogP contribution in [0, 0.1) is 6.92 Å². The van der Waals surface area contributed by atoms with Crippen LogP contribution in [0.3, 0.4) is 0 Å². The monoisotopic (exact) mass is 436 g/mol. The first-order valence-electron chi connectivity index (χ1n) is 11.3. The molecule has 2 heterocycles. The van der Waals surface area contributed by atoms with Gasteiger partial charge in [0.15, 0.2) is 0 Å². The molecule has 2 fully saturated rings. The summed E-state index contributed by atoms with van der Waals surface area (Å²) in [5.74, 6) is -0.908. The maximum atomic E-state index is 12.8. The Bertz CT molecular complexity index is 998. The number of fused-ring (bicyclic) bond motifs is 2. The Balaban J connectivity index is 1.60. The van der Waals surface area contributed by atoms with Crippen LogP contribution in [0.1, 0.15) is 60.7 Å². The first-order chi connectivity index (χ1) is 15.1. The molecule has 6 heteroatoms. The molecule has 0 spiro atoms. The molecule has 2 aromatic rings. The molecule has 0 radical (unpaired) electrons. The van der Waals surface area contributed by atoms with Crippen molar-refractivity contribution in [3.63, 3.8) is 0 Å². The average Bonchev–Trinajstić information content (AvgIpc) is 2.99. The SMILES string of the molecule is Cc1c(Cc2ccccc2)cc(N2C[C@H]3CC[C@@H](C2)N3C(=O)OC(C)(C)C)cc1C(=O)O. The van der Waals surface area contributed by atoms with E-state index < -0.39 is 11.6 Å². The van der Waals surface area contributed by atoms with Gasteiger partial charge in [-0.05, 0) is 75.8 Å². The smallest absolute Gasteiger partial charge is 0.410 e. The minimum atomic E-state index is -0.908. The number of aromatic carboxylic acids is 1. The van der Waals surface area contributed by atoms with Gasteiger partial charge in [-0.2, -0.15) is 0 Å². The third-order valence-corrected chi connectivity index (χ3v) is 6.42. The number of rotatable bonds is 4. The van der Waals surface area contributed by atoms with Crippen molar-refractivity contribution in [3.05, 3.63) is 64.7 Å². The average molecular weight is 437 g/mol. The molecule has 0 unspecified atom stereocenters. The van der Waals surface area contributed by atoms with Gasteiger partial charge in [0.25, 0.3) is 0 Å². The van der Waals surface area contributed by atoms with Crippen LogP contribution >= 0.6 is 0 Å². The molecule has 32 heavy (non-hydrogen) atoms. The van der Waals surface area contributed by atoms with Crippen molar-refractivity contribution in [2.24, 2.45) is 0 Å². The largest absolute Gasteiger partial charge is 0.478 e. The lowest BCUT2D eigenvalue weighted by molar-refractivity contribution is 0.0123. The number of benzene rings is 2. The van der Waals surface area contributed by atoms with Crippen LogP contribution in [0.15, 0.2) is 42.5 Å². The van der Waals surface area contributed by atoms with Crippen LogP contribution in [0.5, 0.6) is 0 Å². The molecule has 2 aromatic carbocycles. The van der Waals surface area contributed by atoms with Gasteiger partial charge in [0.05, 0.1) is 17.6 Å². The molecule has 1 amide bonds. The van der Waals surface area contributed by atoms with E-state index in [1.807, 2.05) is 50.8 Å². The van der Waals surface area contributed by atoms with E-state index in [0.717, 1.165) is 35.2 Å². The summed E-state index contributed by atoms with van der Waals surface area (Å²) < 4.78 is 5.64. The Hall–Kier alpha value is -3.02. The number of ether oxygens (including phenoxy) is 1. The normalized spacial score (nSPS) is 20.4. The van der Waals surface area contributed by atoms with Gasteiger partial charge in [-0.15, -0.1) is 0 Å². The molecular formula is C26H32N2O4. The van der Waals surface area contributed by atoms with Crippen LogP contribution in [0.25, 0.3) is 0 Å². The molecule has 170 valence electrons. The van der Waals surface area contributed by atoms with E-state index in [1.165, 1.54) is 0 Å². The lowest BCUT2D eigenvalue weighted by Crippen LogP contribution is -2.56. The Morgan fingerprint density at radius 2 is 1.69 bits per heavy atom. The van der Waals surface area contributed by atoms with E-state index in [-0.39, 0.29) is 18.2 Å². The lowest BCUT2D eigenvalue weighted by atomic mass is 9.95. The number of anilines is 1.